The maximum absolute atomic E-state index is 11.3. The van der Waals surface area contributed by atoms with Crippen LogP contribution in [0.15, 0.2) is 0 Å². The molecule has 20 heavy (non-hydrogen) atoms. The van der Waals surface area contributed by atoms with Crippen LogP contribution < -0.4 is 0 Å². The summed E-state index contributed by atoms with van der Waals surface area (Å²) in [6.45, 7) is 9.04. The molecule has 2 rings (SSSR count). The molecule has 1 aliphatic carbocycles. The third kappa shape index (κ3) is 3.97. The fourth-order valence-electron chi connectivity index (χ4n) is 4.03. The van der Waals surface area contributed by atoms with Crippen molar-refractivity contribution in [1.82, 2.24) is 4.90 Å². The van der Waals surface area contributed by atoms with E-state index in [0.29, 0.717) is 11.3 Å². The van der Waals surface area contributed by atoms with Crippen LogP contribution in [0.3, 0.4) is 0 Å². The third-order valence-electron chi connectivity index (χ3n) is 5.46. The predicted octanol–water partition coefficient (Wildman–Crippen LogP) is 3.78. The molecule has 1 aliphatic heterocycles. The van der Waals surface area contributed by atoms with Gasteiger partial charge in [-0.05, 0) is 62.3 Å². The molecule has 1 saturated heterocycles. The van der Waals surface area contributed by atoms with Gasteiger partial charge in [-0.1, -0.05) is 27.2 Å². The summed E-state index contributed by atoms with van der Waals surface area (Å²) in [5.74, 6) is 0.942. The van der Waals surface area contributed by atoms with Crippen molar-refractivity contribution in [2.75, 3.05) is 13.1 Å². The Morgan fingerprint density at radius 3 is 2.30 bits per heavy atom. The number of rotatable bonds is 3. The van der Waals surface area contributed by atoms with Crippen molar-refractivity contribution in [3.63, 3.8) is 0 Å². The summed E-state index contributed by atoms with van der Waals surface area (Å²) in [6, 6.07) is -0.218. The van der Waals surface area contributed by atoms with Gasteiger partial charge < -0.3 is 5.11 Å². The van der Waals surface area contributed by atoms with Gasteiger partial charge >= 0.3 is 5.97 Å². The zero-order valence-electron chi connectivity index (χ0n) is 13.4. The molecule has 1 atom stereocenters. The number of piperidine rings is 1. The average Bonchev–Trinajstić information content (AvgIpc) is 2.38. The Morgan fingerprint density at radius 1 is 1.10 bits per heavy atom. The Labute approximate surface area is 123 Å². The molecular formula is C17H31NO2. The number of nitrogens with zero attached hydrogens (tertiary/aromatic N) is 1. The minimum atomic E-state index is -0.618. The number of carbonyl (C=O) groups is 1. The maximum atomic E-state index is 11.3. The van der Waals surface area contributed by atoms with Gasteiger partial charge in [-0.15, -0.1) is 0 Å². The quantitative estimate of drug-likeness (QED) is 0.856. The normalized spacial score (nSPS) is 33.0. The molecule has 1 unspecified atom stereocenters. The van der Waals surface area contributed by atoms with Crippen LogP contribution in [0.25, 0.3) is 0 Å². The highest BCUT2D eigenvalue weighted by molar-refractivity contribution is 5.73. The summed E-state index contributed by atoms with van der Waals surface area (Å²) < 4.78 is 0. The summed E-state index contributed by atoms with van der Waals surface area (Å²) in [4.78, 5) is 13.6. The monoisotopic (exact) mass is 281 g/mol. The van der Waals surface area contributed by atoms with Crippen molar-refractivity contribution in [3.8, 4) is 0 Å². The van der Waals surface area contributed by atoms with Crippen LogP contribution >= 0.6 is 0 Å². The second kappa shape index (κ2) is 6.46. The van der Waals surface area contributed by atoms with Gasteiger partial charge in [-0.3, -0.25) is 9.69 Å². The van der Waals surface area contributed by atoms with E-state index in [1.165, 1.54) is 32.1 Å². The van der Waals surface area contributed by atoms with Gasteiger partial charge in [0.1, 0.15) is 6.04 Å². The molecule has 1 heterocycles. The Kier molecular flexibility index (Phi) is 5.11. The van der Waals surface area contributed by atoms with Gasteiger partial charge in [0, 0.05) is 6.54 Å². The number of hydrogen-bond acceptors (Lipinski definition) is 2. The van der Waals surface area contributed by atoms with Crippen molar-refractivity contribution >= 4 is 5.97 Å². The van der Waals surface area contributed by atoms with Crippen LogP contribution in [-0.2, 0) is 4.79 Å². The lowest BCUT2D eigenvalue weighted by Gasteiger charge is -2.40. The molecule has 0 aromatic carbocycles. The Morgan fingerprint density at radius 2 is 1.75 bits per heavy atom. The molecule has 2 fully saturated rings. The topological polar surface area (TPSA) is 40.5 Å². The molecule has 3 heteroatoms. The van der Waals surface area contributed by atoms with E-state index in [9.17, 15) is 9.90 Å². The van der Waals surface area contributed by atoms with E-state index in [0.717, 1.165) is 31.8 Å². The highest BCUT2D eigenvalue weighted by Gasteiger charge is 2.33. The predicted molar refractivity (Wildman–Crippen MR) is 81.8 cm³/mol. The average molecular weight is 281 g/mol. The second-order valence-electron chi connectivity index (χ2n) is 7.93. The summed E-state index contributed by atoms with van der Waals surface area (Å²) >= 11 is 0. The van der Waals surface area contributed by atoms with E-state index in [2.05, 4.69) is 25.7 Å². The van der Waals surface area contributed by atoms with Gasteiger partial charge in [0.15, 0.2) is 0 Å². The fourth-order valence-corrected chi connectivity index (χ4v) is 4.03. The lowest BCUT2D eigenvalue weighted by atomic mass is 9.69. The first-order valence-corrected chi connectivity index (χ1v) is 8.35. The van der Waals surface area contributed by atoms with E-state index in [4.69, 9.17) is 0 Å². The van der Waals surface area contributed by atoms with Crippen molar-refractivity contribution < 1.29 is 9.90 Å². The number of likely N-dealkylation sites (tertiary alicyclic amines) is 1. The van der Waals surface area contributed by atoms with Crippen LogP contribution in [0.2, 0.25) is 0 Å². The van der Waals surface area contributed by atoms with E-state index in [1.54, 1.807) is 0 Å². The zero-order chi connectivity index (χ0) is 14.8. The lowest BCUT2D eigenvalue weighted by molar-refractivity contribution is -0.145. The summed E-state index contributed by atoms with van der Waals surface area (Å²) in [5, 5.41) is 9.35. The standard InChI is InChI=1S/C17H31NO2/c1-17(2,3)14-9-7-13(8-10-14)12-18-11-5-4-6-15(18)16(19)20/h13-15H,4-12H2,1-3H3,(H,19,20). The SMILES string of the molecule is CC(C)(C)C1CCC(CN2CCCCC2C(=O)O)CC1. The fraction of sp³-hybridized carbons (Fsp3) is 0.941. The molecule has 2 aliphatic rings. The largest absolute Gasteiger partial charge is 0.480 e. The van der Waals surface area contributed by atoms with Crippen LogP contribution in [0, 0.1) is 17.3 Å². The number of hydrogen-bond donors (Lipinski definition) is 1. The number of carboxylic acids is 1. The van der Waals surface area contributed by atoms with Gasteiger partial charge in [-0.2, -0.15) is 0 Å². The number of carboxylic acid groups (broad SMARTS) is 1. The van der Waals surface area contributed by atoms with E-state index in [1.807, 2.05) is 0 Å². The molecule has 116 valence electrons. The minimum absolute atomic E-state index is 0.218. The highest BCUT2D eigenvalue weighted by Crippen LogP contribution is 2.40. The van der Waals surface area contributed by atoms with Crippen LogP contribution in [-0.4, -0.2) is 35.1 Å². The smallest absolute Gasteiger partial charge is 0.320 e. The Hall–Kier alpha value is -0.570. The Bertz CT molecular complexity index is 326. The van der Waals surface area contributed by atoms with E-state index < -0.39 is 5.97 Å². The molecule has 3 nitrogen and oxygen atoms in total. The molecule has 1 saturated carbocycles. The first-order valence-electron chi connectivity index (χ1n) is 8.35. The molecule has 1 N–H and O–H groups in total. The number of aliphatic carboxylic acids is 1. The van der Waals surface area contributed by atoms with Gasteiger partial charge in [0.25, 0.3) is 0 Å². The van der Waals surface area contributed by atoms with Crippen molar-refractivity contribution in [2.45, 2.75) is 71.8 Å². The summed E-state index contributed by atoms with van der Waals surface area (Å²) in [7, 11) is 0. The molecular weight excluding hydrogens is 250 g/mol. The molecule has 0 aromatic rings. The lowest BCUT2D eigenvalue weighted by Crippen LogP contribution is -2.47. The van der Waals surface area contributed by atoms with Crippen LogP contribution in [0.4, 0.5) is 0 Å². The van der Waals surface area contributed by atoms with Crippen molar-refractivity contribution in [2.24, 2.45) is 17.3 Å². The first-order chi connectivity index (χ1) is 9.38. The maximum Gasteiger partial charge on any atom is 0.320 e. The Balaban J connectivity index is 1.84. The zero-order valence-corrected chi connectivity index (χ0v) is 13.4. The van der Waals surface area contributed by atoms with Crippen LogP contribution in [0.5, 0.6) is 0 Å². The molecule has 0 spiro atoms. The summed E-state index contributed by atoms with van der Waals surface area (Å²) in [6.07, 6.45) is 8.28. The van der Waals surface area contributed by atoms with Crippen molar-refractivity contribution in [3.05, 3.63) is 0 Å². The minimum Gasteiger partial charge on any atom is -0.480 e. The van der Waals surface area contributed by atoms with Gasteiger partial charge in [0.05, 0.1) is 0 Å². The molecule has 0 amide bonds. The van der Waals surface area contributed by atoms with Gasteiger partial charge in [0.2, 0.25) is 0 Å². The van der Waals surface area contributed by atoms with E-state index in [-0.39, 0.29) is 6.04 Å². The van der Waals surface area contributed by atoms with Crippen LogP contribution in [0.1, 0.15) is 65.7 Å². The molecule has 0 aromatic heterocycles. The van der Waals surface area contributed by atoms with E-state index >= 15 is 0 Å². The van der Waals surface area contributed by atoms with Crippen molar-refractivity contribution in [1.29, 1.82) is 0 Å². The first kappa shape index (κ1) is 15.8. The van der Waals surface area contributed by atoms with Gasteiger partial charge in [-0.25, -0.2) is 0 Å². The second-order valence-corrected chi connectivity index (χ2v) is 7.93. The highest BCUT2D eigenvalue weighted by atomic mass is 16.4. The molecule has 0 bridgehead atoms. The summed E-state index contributed by atoms with van der Waals surface area (Å²) in [5.41, 5.74) is 0.430. The molecule has 0 radical (unpaired) electrons. The third-order valence-corrected chi connectivity index (χ3v) is 5.46.